The molecule has 2 rings (SSSR count). The Kier molecular flexibility index (Phi) is 4.23. The van der Waals surface area contributed by atoms with Crippen LogP contribution in [0.4, 0.5) is 0 Å². The molecule has 2 nitrogen and oxygen atoms in total. The van der Waals surface area contributed by atoms with Crippen molar-refractivity contribution in [2.24, 2.45) is 0 Å². The van der Waals surface area contributed by atoms with Gasteiger partial charge >= 0.3 is 0 Å². The van der Waals surface area contributed by atoms with E-state index in [4.69, 9.17) is 4.74 Å². The van der Waals surface area contributed by atoms with Crippen LogP contribution in [0.2, 0.25) is 0 Å². The molecular weight excluding hydrogens is 236 g/mol. The van der Waals surface area contributed by atoms with Crippen LogP contribution < -0.4 is 4.74 Å². The lowest BCUT2D eigenvalue weighted by Crippen LogP contribution is -2.04. The monoisotopic (exact) mass is 256 g/mol. The van der Waals surface area contributed by atoms with Gasteiger partial charge in [0.05, 0.1) is 6.61 Å². The quantitative estimate of drug-likeness (QED) is 0.902. The molecule has 100 valence electrons. The van der Waals surface area contributed by atoms with Gasteiger partial charge < -0.3 is 9.84 Å². The summed E-state index contributed by atoms with van der Waals surface area (Å²) >= 11 is 0. The maximum atomic E-state index is 10.6. The fourth-order valence-electron chi connectivity index (χ4n) is 2.19. The Hall–Kier alpha value is -1.80. The molecule has 0 saturated heterocycles. The summed E-state index contributed by atoms with van der Waals surface area (Å²) in [7, 11) is 0. The second kappa shape index (κ2) is 5.89. The Morgan fingerprint density at radius 1 is 1.05 bits per heavy atom. The van der Waals surface area contributed by atoms with Gasteiger partial charge in [0.25, 0.3) is 0 Å². The number of aliphatic hydroxyl groups excluding tert-OH is 1. The molecule has 1 N–H and O–H groups in total. The van der Waals surface area contributed by atoms with Gasteiger partial charge in [-0.15, -0.1) is 0 Å². The Balaban J connectivity index is 2.42. The van der Waals surface area contributed by atoms with E-state index in [0.717, 1.165) is 28.0 Å². The number of aryl methyl sites for hydroxylation is 2. The molecular formula is C17H20O2. The zero-order valence-corrected chi connectivity index (χ0v) is 11.7. The number of aliphatic hydroxyl groups is 1. The third kappa shape index (κ3) is 3.15. The van der Waals surface area contributed by atoms with Gasteiger partial charge in [-0.25, -0.2) is 0 Å². The van der Waals surface area contributed by atoms with Gasteiger partial charge in [-0.1, -0.05) is 41.5 Å². The van der Waals surface area contributed by atoms with Gasteiger partial charge in [0.2, 0.25) is 0 Å². The van der Waals surface area contributed by atoms with Gasteiger partial charge in [-0.3, -0.25) is 0 Å². The van der Waals surface area contributed by atoms with Crippen molar-refractivity contribution in [1.29, 1.82) is 0 Å². The molecule has 0 saturated carbocycles. The van der Waals surface area contributed by atoms with Gasteiger partial charge in [-0.2, -0.15) is 0 Å². The fraction of sp³-hybridized carbons (Fsp3) is 0.294. The smallest absolute Gasteiger partial charge is 0.125 e. The molecule has 2 aromatic carbocycles. The highest BCUT2D eigenvalue weighted by molar-refractivity contribution is 5.43. The largest absolute Gasteiger partial charge is 0.493 e. The molecule has 0 aliphatic rings. The summed E-state index contributed by atoms with van der Waals surface area (Å²) in [4.78, 5) is 0. The van der Waals surface area contributed by atoms with Gasteiger partial charge in [0, 0.05) is 5.56 Å². The Labute approximate surface area is 114 Å². The molecule has 0 aliphatic heterocycles. The molecule has 0 aromatic heterocycles. The van der Waals surface area contributed by atoms with Crippen molar-refractivity contribution in [3.63, 3.8) is 0 Å². The lowest BCUT2D eigenvalue weighted by molar-refractivity contribution is 0.212. The summed E-state index contributed by atoms with van der Waals surface area (Å²) in [6.07, 6.45) is -0.652. The minimum absolute atomic E-state index is 0.594. The average molecular weight is 256 g/mol. The minimum atomic E-state index is -0.652. The van der Waals surface area contributed by atoms with E-state index in [1.54, 1.807) is 0 Å². The maximum absolute atomic E-state index is 10.6. The molecule has 1 atom stereocenters. The molecule has 0 amide bonds. The molecule has 2 heteroatoms. The van der Waals surface area contributed by atoms with Gasteiger partial charge in [-0.05, 0) is 38.5 Å². The van der Waals surface area contributed by atoms with Crippen LogP contribution in [0.3, 0.4) is 0 Å². The van der Waals surface area contributed by atoms with Crippen LogP contribution in [-0.4, -0.2) is 11.7 Å². The first kappa shape index (κ1) is 13.6. The van der Waals surface area contributed by atoms with Crippen LogP contribution in [0.15, 0.2) is 42.5 Å². The van der Waals surface area contributed by atoms with Crippen LogP contribution in [-0.2, 0) is 0 Å². The minimum Gasteiger partial charge on any atom is -0.493 e. The highest BCUT2D eigenvalue weighted by Crippen LogP contribution is 2.31. The zero-order chi connectivity index (χ0) is 13.8. The lowest BCUT2D eigenvalue weighted by Gasteiger charge is -2.17. The van der Waals surface area contributed by atoms with E-state index in [1.807, 2.05) is 63.2 Å². The van der Waals surface area contributed by atoms with E-state index >= 15 is 0 Å². The number of hydrogen-bond donors (Lipinski definition) is 1. The van der Waals surface area contributed by atoms with E-state index in [0.29, 0.717) is 6.61 Å². The van der Waals surface area contributed by atoms with Gasteiger partial charge in [0.15, 0.2) is 0 Å². The topological polar surface area (TPSA) is 29.5 Å². The molecule has 0 aliphatic carbocycles. The first-order chi connectivity index (χ1) is 9.11. The number of rotatable bonds is 4. The first-order valence-electron chi connectivity index (χ1n) is 6.59. The normalized spacial score (nSPS) is 12.2. The molecule has 0 spiro atoms. The van der Waals surface area contributed by atoms with Crippen LogP contribution in [0.25, 0.3) is 0 Å². The number of ether oxygens (including phenoxy) is 1. The molecule has 0 radical (unpaired) electrons. The summed E-state index contributed by atoms with van der Waals surface area (Å²) in [5.41, 5.74) is 3.98. The second-order valence-electron chi connectivity index (χ2n) is 4.79. The van der Waals surface area contributed by atoms with E-state index < -0.39 is 6.10 Å². The standard InChI is InChI=1S/C17H20O2/c1-4-19-16-9-8-13(3)11-15(16)17(18)14-7-5-6-12(2)10-14/h5-11,17-18H,4H2,1-3H3. The second-order valence-corrected chi connectivity index (χ2v) is 4.79. The van der Waals surface area contributed by atoms with Crippen molar-refractivity contribution in [1.82, 2.24) is 0 Å². The van der Waals surface area contributed by atoms with Crippen molar-refractivity contribution < 1.29 is 9.84 Å². The van der Waals surface area contributed by atoms with E-state index in [2.05, 4.69) is 0 Å². The number of hydrogen-bond acceptors (Lipinski definition) is 2. The molecule has 0 bridgehead atoms. The fourth-order valence-corrected chi connectivity index (χ4v) is 2.19. The molecule has 0 heterocycles. The van der Waals surface area contributed by atoms with Crippen LogP contribution in [0, 0.1) is 13.8 Å². The summed E-state index contributed by atoms with van der Waals surface area (Å²) < 4.78 is 5.60. The predicted molar refractivity (Wildman–Crippen MR) is 77.6 cm³/mol. The highest BCUT2D eigenvalue weighted by Gasteiger charge is 2.15. The summed E-state index contributed by atoms with van der Waals surface area (Å²) in [5.74, 6) is 0.752. The Bertz CT molecular complexity index is 561. The molecule has 0 fully saturated rings. The average Bonchev–Trinajstić information content (AvgIpc) is 2.40. The Morgan fingerprint density at radius 3 is 2.47 bits per heavy atom. The third-order valence-electron chi connectivity index (χ3n) is 3.12. The summed E-state index contributed by atoms with van der Waals surface area (Å²) in [6.45, 7) is 6.58. The zero-order valence-electron chi connectivity index (χ0n) is 11.7. The van der Waals surface area contributed by atoms with Crippen molar-refractivity contribution in [3.05, 3.63) is 64.7 Å². The predicted octanol–water partition coefficient (Wildman–Crippen LogP) is 3.78. The summed E-state index contributed by atoms with van der Waals surface area (Å²) in [5, 5.41) is 10.6. The van der Waals surface area contributed by atoms with Gasteiger partial charge in [0.1, 0.15) is 11.9 Å². The first-order valence-corrected chi connectivity index (χ1v) is 6.59. The summed E-state index contributed by atoms with van der Waals surface area (Å²) in [6, 6.07) is 13.8. The number of benzene rings is 2. The SMILES string of the molecule is CCOc1ccc(C)cc1C(O)c1cccc(C)c1. The maximum Gasteiger partial charge on any atom is 0.125 e. The third-order valence-corrected chi connectivity index (χ3v) is 3.12. The lowest BCUT2D eigenvalue weighted by atomic mass is 9.98. The van der Waals surface area contributed by atoms with Crippen molar-refractivity contribution in [2.45, 2.75) is 26.9 Å². The van der Waals surface area contributed by atoms with Crippen molar-refractivity contribution in [3.8, 4) is 5.75 Å². The van der Waals surface area contributed by atoms with Crippen molar-refractivity contribution in [2.75, 3.05) is 6.61 Å². The van der Waals surface area contributed by atoms with Crippen LogP contribution >= 0.6 is 0 Å². The van der Waals surface area contributed by atoms with Crippen molar-refractivity contribution >= 4 is 0 Å². The van der Waals surface area contributed by atoms with E-state index in [1.165, 1.54) is 0 Å². The Morgan fingerprint density at radius 2 is 1.79 bits per heavy atom. The molecule has 19 heavy (non-hydrogen) atoms. The molecule has 2 aromatic rings. The van der Waals surface area contributed by atoms with Crippen LogP contribution in [0.1, 0.15) is 35.3 Å². The van der Waals surface area contributed by atoms with E-state index in [9.17, 15) is 5.11 Å². The van der Waals surface area contributed by atoms with Crippen LogP contribution in [0.5, 0.6) is 5.75 Å². The highest BCUT2D eigenvalue weighted by atomic mass is 16.5. The molecule has 1 unspecified atom stereocenters. The van der Waals surface area contributed by atoms with E-state index in [-0.39, 0.29) is 0 Å².